The Morgan fingerprint density at radius 1 is 0.852 bits per heavy atom. The van der Waals surface area contributed by atoms with E-state index in [1.54, 1.807) is 28.9 Å². The van der Waals surface area contributed by atoms with Crippen molar-refractivity contribution in [2.24, 2.45) is 0 Å². The maximum atomic E-state index is 12.4. The summed E-state index contributed by atoms with van der Waals surface area (Å²) >= 11 is 0. The first-order valence-corrected chi connectivity index (χ1v) is 8.47. The van der Waals surface area contributed by atoms with Gasteiger partial charge in [-0.1, -0.05) is 59.8 Å². The highest BCUT2D eigenvalue weighted by Gasteiger charge is 2.33. The number of carbonyl (C=O) groups excluding carboxylic acids is 2. The predicted octanol–water partition coefficient (Wildman–Crippen LogP) is 3.63. The second-order valence-corrected chi connectivity index (χ2v) is 6.33. The number of furan rings is 1. The molecular formula is C21H13N3O3. The highest BCUT2D eigenvalue weighted by Crippen LogP contribution is 2.35. The van der Waals surface area contributed by atoms with Gasteiger partial charge in [0.2, 0.25) is 11.6 Å². The van der Waals surface area contributed by atoms with Gasteiger partial charge in [-0.3, -0.25) is 9.59 Å². The highest BCUT2D eigenvalue weighted by molar-refractivity contribution is 6.52. The summed E-state index contributed by atoms with van der Waals surface area (Å²) in [6.07, 6.45) is 1.82. The number of nitrogens with zero attached hydrogens (tertiary/aromatic N) is 3. The molecule has 1 aliphatic carbocycles. The number of aromatic nitrogens is 3. The third-order valence-corrected chi connectivity index (χ3v) is 4.58. The Kier molecular flexibility index (Phi) is 3.36. The first-order valence-electron chi connectivity index (χ1n) is 8.47. The van der Waals surface area contributed by atoms with Gasteiger partial charge in [-0.15, -0.1) is 5.10 Å². The maximum Gasteiger partial charge on any atom is 0.237 e. The van der Waals surface area contributed by atoms with Crippen molar-refractivity contribution in [3.05, 3.63) is 83.7 Å². The lowest BCUT2D eigenvalue weighted by Crippen LogP contribution is -2.19. The van der Waals surface area contributed by atoms with Crippen LogP contribution in [0.4, 0.5) is 0 Å². The molecule has 0 amide bonds. The second kappa shape index (κ2) is 5.88. The molecule has 4 aromatic rings. The Morgan fingerprint density at radius 2 is 1.56 bits per heavy atom. The van der Waals surface area contributed by atoms with Gasteiger partial charge in [-0.2, -0.15) is 0 Å². The van der Waals surface area contributed by atoms with E-state index in [0.717, 1.165) is 11.3 Å². The van der Waals surface area contributed by atoms with Gasteiger partial charge >= 0.3 is 0 Å². The van der Waals surface area contributed by atoms with Crippen LogP contribution in [0, 0.1) is 0 Å². The molecule has 2 heterocycles. The minimum atomic E-state index is -0.540. The zero-order chi connectivity index (χ0) is 18.4. The lowest BCUT2D eigenvalue weighted by Gasteiger charge is -2.12. The number of Topliss-reactive ketones (excluding diaryl/α,β-unsaturated/α-hetero) is 2. The van der Waals surface area contributed by atoms with E-state index in [9.17, 15) is 9.59 Å². The van der Waals surface area contributed by atoms with Crippen molar-refractivity contribution < 1.29 is 14.0 Å². The van der Waals surface area contributed by atoms with Crippen molar-refractivity contribution in [2.75, 3.05) is 0 Å². The Labute approximate surface area is 154 Å². The van der Waals surface area contributed by atoms with Gasteiger partial charge in [0.05, 0.1) is 11.8 Å². The summed E-state index contributed by atoms with van der Waals surface area (Å²) < 4.78 is 7.55. The van der Waals surface area contributed by atoms with E-state index in [0.29, 0.717) is 34.8 Å². The number of ketones is 2. The summed E-state index contributed by atoms with van der Waals surface area (Å²) in [5.74, 6) is -0.0594. The predicted molar refractivity (Wildman–Crippen MR) is 97.4 cm³/mol. The first kappa shape index (κ1) is 15.5. The van der Waals surface area contributed by atoms with Crippen molar-refractivity contribution in [1.29, 1.82) is 0 Å². The van der Waals surface area contributed by atoms with Crippen LogP contribution in [0.15, 0.2) is 71.3 Å². The average molecular weight is 355 g/mol. The lowest BCUT2D eigenvalue weighted by atomic mass is 9.89. The Morgan fingerprint density at radius 3 is 2.37 bits per heavy atom. The van der Waals surface area contributed by atoms with Crippen molar-refractivity contribution in [3.8, 4) is 22.6 Å². The summed E-state index contributed by atoms with van der Waals surface area (Å²) in [5.41, 5.74) is 3.05. The van der Waals surface area contributed by atoms with Crippen LogP contribution in [0.25, 0.3) is 22.6 Å². The standard InChI is InChI=1S/C21H13N3O3/c25-19-15-8-4-5-9-16(15)21-17(20(19)26)10-14(27-21)11-24-12-18(22-23-24)13-6-2-1-3-7-13/h1-10,12H,11H2. The minimum Gasteiger partial charge on any atom is -0.458 e. The molecule has 0 atom stereocenters. The minimum absolute atomic E-state index is 0.303. The van der Waals surface area contributed by atoms with Gasteiger partial charge in [-0.05, 0) is 6.07 Å². The lowest BCUT2D eigenvalue weighted by molar-refractivity contribution is 0.0814. The van der Waals surface area contributed by atoms with E-state index in [1.807, 2.05) is 42.6 Å². The number of hydrogen-bond donors (Lipinski definition) is 0. The van der Waals surface area contributed by atoms with Gasteiger partial charge in [0, 0.05) is 16.7 Å². The topological polar surface area (TPSA) is 78.0 Å². The molecule has 0 saturated carbocycles. The van der Waals surface area contributed by atoms with E-state index in [2.05, 4.69) is 10.3 Å². The number of benzene rings is 2. The fourth-order valence-corrected chi connectivity index (χ4v) is 3.29. The molecule has 2 aromatic heterocycles. The van der Waals surface area contributed by atoms with Crippen LogP contribution < -0.4 is 0 Å². The molecule has 0 aliphatic heterocycles. The molecule has 0 saturated heterocycles. The van der Waals surface area contributed by atoms with Gasteiger partial charge in [-0.25, -0.2) is 4.68 Å². The van der Waals surface area contributed by atoms with Crippen LogP contribution in [-0.4, -0.2) is 26.6 Å². The molecule has 5 rings (SSSR count). The van der Waals surface area contributed by atoms with Crippen molar-refractivity contribution in [2.45, 2.75) is 6.54 Å². The molecule has 6 heteroatoms. The van der Waals surface area contributed by atoms with Crippen LogP contribution in [0.3, 0.4) is 0 Å². The van der Waals surface area contributed by atoms with E-state index >= 15 is 0 Å². The highest BCUT2D eigenvalue weighted by atomic mass is 16.3. The molecule has 0 N–H and O–H groups in total. The fourth-order valence-electron chi connectivity index (χ4n) is 3.29. The van der Waals surface area contributed by atoms with E-state index in [-0.39, 0.29) is 0 Å². The van der Waals surface area contributed by atoms with Crippen LogP contribution in [-0.2, 0) is 6.54 Å². The van der Waals surface area contributed by atoms with Crippen molar-refractivity contribution in [3.63, 3.8) is 0 Å². The van der Waals surface area contributed by atoms with Gasteiger partial charge < -0.3 is 4.42 Å². The molecular weight excluding hydrogens is 342 g/mol. The van der Waals surface area contributed by atoms with E-state index < -0.39 is 11.6 Å². The normalized spacial score (nSPS) is 12.7. The number of fused-ring (bicyclic) bond motifs is 3. The van der Waals surface area contributed by atoms with Crippen molar-refractivity contribution >= 4 is 11.6 Å². The smallest absolute Gasteiger partial charge is 0.237 e. The second-order valence-electron chi connectivity index (χ2n) is 6.33. The maximum absolute atomic E-state index is 12.4. The fraction of sp³-hybridized carbons (Fsp3) is 0.0476. The molecule has 2 aromatic carbocycles. The van der Waals surface area contributed by atoms with E-state index in [1.165, 1.54) is 0 Å². The summed E-state index contributed by atoms with van der Waals surface area (Å²) in [6.45, 7) is 0.316. The molecule has 0 unspecified atom stereocenters. The summed E-state index contributed by atoms with van der Waals surface area (Å²) in [6, 6.07) is 18.3. The average Bonchev–Trinajstić information content (AvgIpc) is 3.35. The van der Waals surface area contributed by atoms with Crippen LogP contribution in [0.1, 0.15) is 26.5 Å². The molecule has 27 heavy (non-hydrogen) atoms. The zero-order valence-corrected chi connectivity index (χ0v) is 14.1. The Hall–Kier alpha value is -3.80. The largest absolute Gasteiger partial charge is 0.458 e. The van der Waals surface area contributed by atoms with Crippen LogP contribution in [0.5, 0.6) is 0 Å². The summed E-state index contributed by atoms with van der Waals surface area (Å²) in [4.78, 5) is 24.7. The van der Waals surface area contributed by atoms with Crippen molar-refractivity contribution in [1.82, 2.24) is 15.0 Å². The third kappa shape index (κ3) is 2.50. The van der Waals surface area contributed by atoms with Crippen LogP contribution >= 0.6 is 0 Å². The SMILES string of the molecule is O=C1C(=O)c2cc(Cn3cc(-c4ccccc4)nn3)oc2-c2ccccc21. The number of rotatable bonds is 3. The van der Waals surface area contributed by atoms with E-state index in [4.69, 9.17) is 4.42 Å². The number of hydrogen-bond acceptors (Lipinski definition) is 5. The molecule has 130 valence electrons. The van der Waals surface area contributed by atoms with Crippen LogP contribution in [0.2, 0.25) is 0 Å². The quantitative estimate of drug-likeness (QED) is 0.524. The monoisotopic (exact) mass is 355 g/mol. The Balaban J connectivity index is 1.49. The first-order chi connectivity index (χ1) is 13.2. The number of carbonyl (C=O) groups is 2. The molecule has 1 aliphatic rings. The molecule has 0 radical (unpaired) electrons. The molecule has 0 fully saturated rings. The zero-order valence-electron chi connectivity index (χ0n) is 14.1. The van der Waals surface area contributed by atoms with Gasteiger partial charge in [0.1, 0.15) is 23.8 Å². The van der Waals surface area contributed by atoms with Gasteiger partial charge in [0.25, 0.3) is 0 Å². The molecule has 0 spiro atoms. The molecule has 6 nitrogen and oxygen atoms in total. The summed E-state index contributed by atoms with van der Waals surface area (Å²) in [5, 5.41) is 8.30. The van der Waals surface area contributed by atoms with Gasteiger partial charge in [0.15, 0.2) is 0 Å². The molecule has 0 bridgehead atoms. The summed E-state index contributed by atoms with van der Waals surface area (Å²) in [7, 11) is 0. The Bertz CT molecular complexity index is 1190. The third-order valence-electron chi connectivity index (χ3n) is 4.58.